The molecule has 0 unspecified atom stereocenters. The first-order valence-corrected chi connectivity index (χ1v) is 8.18. The number of carboxylic acid groups (broad SMARTS) is 1. The topological polar surface area (TPSA) is 79.7 Å². The number of hydrogen-bond donors (Lipinski definition) is 1. The number of anilines is 1. The fourth-order valence-corrected chi connectivity index (χ4v) is 3.41. The number of rotatable bonds is 3. The number of carbonyl (C=O) groups is 2. The van der Waals surface area contributed by atoms with Gasteiger partial charge in [0.1, 0.15) is 11.6 Å². The Morgan fingerprint density at radius 3 is 2.78 bits per heavy atom. The molecule has 2 aromatic rings. The third-order valence-electron chi connectivity index (χ3n) is 3.58. The monoisotopic (exact) mass is 332 g/mol. The van der Waals surface area contributed by atoms with Gasteiger partial charge < -0.3 is 9.84 Å². The molecule has 0 saturated carbocycles. The molecule has 1 amide bonds. The fourth-order valence-electron chi connectivity index (χ4n) is 2.44. The summed E-state index contributed by atoms with van der Waals surface area (Å²) in [7, 11) is 0. The van der Waals surface area contributed by atoms with Gasteiger partial charge in [0.15, 0.2) is 0 Å². The van der Waals surface area contributed by atoms with E-state index in [2.05, 4.69) is 4.98 Å². The molecule has 0 fully saturated rings. The minimum atomic E-state index is -1.07. The lowest BCUT2D eigenvalue weighted by atomic mass is 10.2. The highest BCUT2D eigenvalue weighted by Gasteiger charge is 2.27. The maximum atomic E-state index is 12.4. The van der Waals surface area contributed by atoms with Crippen LogP contribution < -0.4 is 4.90 Å². The van der Waals surface area contributed by atoms with Crippen molar-refractivity contribution in [2.75, 3.05) is 11.4 Å². The molecular weight excluding hydrogens is 316 g/mol. The van der Waals surface area contributed by atoms with Crippen molar-refractivity contribution in [1.29, 1.82) is 0 Å². The van der Waals surface area contributed by atoms with E-state index in [1.807, 2.05) is 30.3 Å². The molecule has 1 aliphatic heterocycles. The van der Waals surface area contributed by atoms with Crippen molar-refractivity contribution in [3.63, 3.8) is 0 Å². The van der Waals surface area contributed by atoms with Crippen LogP contribution in [0.2, 0.25) is 0 Å². The summed E-state index contributed by atoms with van der Waals surface area (Å²) in [5.74, 6) is -1.07. The molecule has 2 heterocycles. The molecular formula is C16H16N2O4S. The molecule has 0 aliphatic carbocycles. The van der Waals surface area contributed by atoms with Gasteiger partial charge in [0.05, 0.1) is 5.69 Å². The standard InChI is InChI=1S/C16H16N2O4S/c19-15(20)13-17-12-8-4-5-9-18(14(12)23-13)16(21)22-10-11-6-2-1-3-7-11/h1-3,6-7H,4-5,8-10H2,(H,19,20). The zero-order chi connectivity index (χ0) is 16.2. The van der Waals surface area contributed by atoms with E-state index in [-0.39, 0.29) is 11.6 Å². The number of aromatic nitrogens is 1. The van der Waals surface area contributed by atoms with Gasteiger partial charge in [-0.3, -0.25) is 4.90 Å². The second-order valence-corrected chi connectivity index (χ2v) is 6.20. The summed E-state index contributed by atoms with van der Waals surface area (Å²) >= 11 is 1.03. The number of nitrogens with zero attached hydrogens (tertiary/aromatic N) is 2. The predicted molar refractivity (Wildman–Crippen MR) is 86.0 cm³/mol. The van der Waals surface area contributed by atoms with E-state index in [0.29, 0.717) is 23.7 Å². The van der Waals surface area contributed by atoms with Gasteiger partial charge in [-0.15, -0.1) is 0 Å². The van der Waals surface area contributed by atoms with Gasteiger partial charge in [-0.05, 0) is 24.8 Å². The van der Waals surface area contributed by atoms with Gasteiger partial charge in [-0.25, -0.2) is 14.6 Å². The van der Waals surface area contributed by atoms with Crippen LogP contribution in [-0.2, 0) is 17.8 Å². The average Bonchev–Trinajstić information content (AvgIpc) is 2.88. The van der Waals surface area contributed by atoms with Crippen molar-refractivity contribution in [2.45, 2.75) is 25.9 Å². The van der Waals surface area contributed by atoms with Crippen molar-refractivity contribution in [2.24, 2.45) is 0 Å². The summed E-state index contributed by atoms with van der Waals surface area (Å²) in [5, 5.41) is 9.70. The number of carboxylic acids is 1. The SMILES string of the molecule is O=C(O)c1nc2c(s1)N(C(=O)OCc1ccccc1)CCCC2. The van der Waals surface area contributed by atoms with Crippen LogP contribution in [0.3, 0.4) is 0 Å². The van der Waals surface area contributed by atoms with E-state index in [1.165, 1.54) is 4.90 Å². The van der Waals surface area contributed by atoms with Gasteiger partial charge in [0.2, 0.25) is 5.01 Å². The van der Waals surface area contributed by atoms with E-state index < -0.39 is 12.1 Å². The molecule has 1 N–H and O–H groups in total. The summed E-state index contributed by atoms with van der Waals surface area (Å²) in [6.07, 6.45) is 1.93. The largest absolute Gasteiger partial charge is 0.476 e. The maximum Gasteiger partial charge on any atom is 0.415 e. The first-order chi connectivity index (χ1) is 11.1. The Kier molecular flexibility index (Phi) is 4.57. The van der Waals surface area contributed by atoms with Gasteiger partial charge in [-0.1, -0.05) is 41.7 Å². The number of ether oxygens (including phenoxy) is 1. The molecule has 1 aliphatic rings. The quantitative estimate of drug-likeness (QED) is 0.932. The Balaban J connectivity index is 1.76. The molecule has 1 aromatic carbocycles. The van der Waals surface area contributed by atoms with Crippen LogP contribution in [-0.4, -0.2) is 28.7 Å². The average molecular weight is 332 g/mol. The zero-order valence-electron chi connectivity index (χ0n) is 12.4. The molecule has 0 saturated heterocycles. The molecule has 120 valence electrons. The number of benzene rings is 1. The van der Waals surface area contributed by atoms with E-state index in [0.717, 1.165) is 29.7 Å². The predicted octanol–water partition coefficient (Wildman–Crippen LogP) is 3.32. The van der Waals surface area contributed by atoms with Crippen LogP contribution in [0.15, 0.2) is 30.3 Å². The molecule has 0 bridgehead atoms. The Morgan fingerprint density at radius 1 is 1.26 bits per heavy atom. The molecule has 23 heavy (non-hydrogen) atoms. The van der Waals surface area contributed by atoms with E-state index in [9.17, 15) is 9.59 Å². The fraction of sp³-hybridized carbons (Fsp3) is 0.312. The molecule has 0 atom stereocenters. The van der Waals surface area contributed by atoms with Crippen LogP contribution in [0.4, 0.5) is 9.80 Å². The highest BCUT2D eigenvalue weighted by atomic mass is 32.1. The molecule has 1 aromatic heterocycles. The van der Waals surface area contributed by atoms with Crippen LogP contribution in [0.25, 0.3) is 0 Å². The van der Waals surface area contributed by atoms with Gasteiger partial charge in [0.25, 0.3) is 0 Å². The molecule has 0 radical (unpaired) electrons. The first kappa shape index (κ1) is 15.5. The second-order valence-electron chi connectivity index (χ2n) is 5.22. The van der Waals surface area contributed by atoms with Crippen molar-refractivity contribution >= 4 is 28.4 Å². The third kappa shape index (κ3) is 3.50. The van der Waals surface area contributed by atoms with Crippen molar-refractivity contribution in [3.05, 3.63) is 46.6 Å². The smallest absolute Gasteiger partial charge is 0.415 e. The molecule has 6 nitrogen and oxygen atoms in total. The molecule has 0 spiro atoms. The summed E-state index contributed by atoms with van der Waals surface area (Å²) in [6.45, 7) is 0.706. The Hall–Kier alpha value is -2.41. The minimum Gasteiger partial charge on any atom is -0.476 e. The normalized spacial score (nSPS) is 14.0. The number of amides is 1. The second kappa shape index (κ2) is 6.78. The maximum absolute atomic E-state index is 12.4. The summed E-state index contributed by atoms with van der Waals surface area (Å²) < 4.78 is 5.37. The number of hydrogen-bond acceptors (Lipinski definition) is 5. The lowest BCUT2D eigenvalue weighted by molar-refractivity contribution is 0.0696. The van der Waals surface area contributed by atoms with Gasteiger partial charge >= 0.3 is 12.1 Å². The minimum absolute atomic E-state index is 0.0118. The number of aromatic carboxylic acids is 1. The van der Waals surface area contributed by atoms with Crippen molar-refractivity contribution in [1.82, 2.24) is 4.98 Å². The van der Waals surface area contributed by atoms with Crippen molar-refractivity contribution < 1.29 is 19.4 Å². The summed E-state index contributed by atoms with van der Waals surface area (Å²) in [5.41, 5.74) is 1.58. The van der Waals surface area contributed by atoms with Gasteiger partial charge in [0, 0.05) is 6.54 Å². The van der Waals surface area contributed by atoms with Gasteiger partial charge in [-0.2, -0.15) is 0 Å². The van der Waals surface area contributed by atoms with Crippen LogP contribution in [0.1, 0.15) is 33.9 Å². The molecule has 7 heteroatoms. The van der Waals surface area contributed by atoms with Crippen molar-refractivity contribution in [3.8, 4) is 0 Å². The number of fused-ring (bicyclic) bond motifs is 1. The van der Waals surface area contributed by atoms with E-state index in [1.54, 1.807) is 0 Å². The number of carbonyl (C=O) groups excluding carboxylic acids is 1. The zero-order valence-corrected chi connectivity index (χ0v) is 13.2. The van der Waals surface area contributed by atoms with Crippen LogP contribution in [0.5, 0.6) is 0 Å². The summed E-state index contributed by atoms with van der Waals surface area (Å²) in [6, 6.07) is 9.44. The highest BCUT2D eigenvalue weighted by Crippen LogP contribution is 2.33. The Morgan fingerprint density at radius 2 is 2.04 bits per heavy atom. The number of aryl methyl sites for hydroxylation is 1. The third-order valence-corrected chi connectivity index (χ3v) is 4.68. The Labute approximate surface area is 137 Å². The molecule has 3 rings (SSSR count). The number of thiazole rings is 1. The Bertz CT molecular complexity index is 714. The van der Waals surface area contributed by atoms with E-state index in [4.69, 9.17) is 9.84 Å². The van der Waals surface area contributed by atoms with Crippen LogP contribution in [0, 0.1) is 0 Å². The first-order valence-electron chi connectivity index (χ1n) is 7.36. The van der Waals surface area contributed by atoms with Crippen LogP contribution >= 0.6 is 11.3 Å². The van der Waals surface area contributed by atoms with E-state index >= 15 is 0 Å². The lowest BCUT2D eigenvalue weighted by Crippen LogP contribution is -2.31. The lowest BCUT2D eigenvalue weighted by Gasteiger charge is -2.19. The summed E-state index contributed by atoms with van der Waals surface area (Å²) in [4.78, 5) is 29.1. The highest BCUT2D eigenvalue weighted by molar-refractivity contribution is 7.17.